The zero-order valence-electron chi connectivity index (χ0n) is 35.3. The van der Waals surface area contributed by atoms with Crippen molar-refractivity contribution in [1.29, 1.82) is 0 Å². The fraction of sp³-hybridized carbons (Fsp3) is 0.540. The van der Waals surface area contributed by atoms with Gasteiger partial charge in [0, 0.05) is 12.8 Å². The second kappa shape index (κ2) is 43.5. The van der Waals surface area contributed by atoms with Crippen molar-refractivity contribution in [2.24, 2.45) is 0 Å². The quantitative estimate of drug-likeness (QED) is 0.0273. The first kappa shape index (κ1) is 51.8. The molecule has 0 radical (unpaired) electrons. The molecule has 0 aromatic rings. The van der Waals surface area contributed by atoms with Crippen LogP contribution in [0.1, 0.15) is 156 Å². The third-order valence-electron chi connectivity index (χ3n) is 8.24. The zero-order valence-corrected chi connectivity index (χ0v) is 35.3. The monoisotopic (exact) mass is 773 g/mol. The van der Waals surface area contributed by atoms with Crippen LogP contribution in [0.2, 0.25) is 0 Å². The molecule has 0 amide bonds. The SMILES string of the molecule is CC/C=C\C/C=C\C/C=C\C/C=C\C/C=C\CCC(=O)OCC(COC(=O)C/C=C\C/C=C\C/C=C\CC)OC(=O)CC/C=C\C/C=C\CCCCCCCC. The molecule has 0 saturated heterocycles. The summed E-state index contributed by atoms with van der Waals surface area (Å²) in [5.74, 6) is -1.26. The predicted molar refractivity (Wildman–Crippen MR) is 237 cm³/mol. The topological polar surface area (TPSA) is 78.9 Å². The molecule has 0 spiro atoms. The molecule has 0 fully saturated rings. The van der Waals surface area contributed by atoms with E-state index in [4.69, 9.17) is 14.2 Å². The van der Waals surface area contributed by atoms with E-state index in [-0.39, 0.29) is 32.5 Å². The van der Waals surface area contributed by atoms with Crippen molar-refractivity contribution >= 4 is 17.9 Å². The molecule has 0 aliphatic carbocycles. The molecule has 0 saturated carbocycles. The van der Waals surface area contributed by atoms with Crippen molar-refractivity contribution in [3.63, 3.8) is 0 Å². The number of allylic oxidation sites excluding steroid dienone is 19. The number of carbonyl (C=O) groups excluding carboxylic acids is 3. The lowest BCUT2D eigenvalue weighted by Gasteiger charge is -2.18. The van der Waals surface area contributed by atoms with Crippen molar-refractivity contribution in [2.75, 3.05) is 13.2 Å². The van der Waals surface area contributed by atoms with Crippen molar-refractivity contribution in [1.82, 2.24) is 0 Å². The van der Waals surface area contributed by atoms with Crippen LogP contribution < -0.4 is 0 Å². The molecule has 0 N–H and O–H groups in total. The van der Waals surface area contributed by atoms with Crippen molar-refractivity contribution in [2.45, 2.75) is 162 Å². The molecule has 6 nitrogen and oxygen atoms in total. The number of hydrogen-bond acceptors (Lipinski definition) is 6. The second-order valence-electron chi connectivity index (χ2n) is 13.5. The smallest absolute Gasteiger partial charge is 0.309 e. The summed E-state index contributed by atoms with van der Waals surface area (Å²) >= 11 is 0. The van der Waals surface area contributed by atoms with E-state index in [0.29, 0.717) is 12.8 Å². The lowest BCUT2D eigenvalue weighted by molar-refractivity contribution is -0.166. The van der Waals surface area contributed by atoms with Crippen molar-refractivity contribution in [3.05, 3.63) is 122 Å². The van der Waals surface area contributed by atoms with Crippen LogP contribution in [0.5, 0.6) is 0 Å². The summed E-state index contributed by atoms with van der Waals surface area (Å²) in [6.07, 6.45) is 59.6. The Morgan fingerprint density at radius 2 is 0.768 bits per heavy atom. The maximum Gasteiger partial charge on any atom is 0.309 e. The van der Waals surface area contributed by atoms with Crippen molar-refractivity contribution < 1.29 is 28.6 Å². The normalized spacial score (nSPS) is 13.3. The summed E-state index contributed by atoms with van der Waals surface area (Å²) < 4.78 is 16.4. The van der Waals surface area contributed by atoms with Gasteiger partial charge < -0.3 is 14.2 Å². The molecular weight excluding hydrogens is 697 g/mol. The molecule has 1 unspecified atom stereocenters. The van der Waals surface area contributed by atoms with E-state index in [2.05, 4.69) is 112 Å². The fourth-order valence-electron chi connectivity index (χ4n) is 5.07. The minimum absolute atomic E-state index is 0.107. The van der Waals surface area contributed by atoms with Gasteiger partial charge in [0.05, 0.1) is 6.42 Å². The first-order valence-corrected chi connectivity index (χ1v) is 21.5. The molecule has 0 aromatic heterocycles. The number of hydrogen-bond donors (Lipinski definition) is 0. The third kappa shape index (κ3) is 41.0. The number of esters is 3. The first-order valence-electron chi connectivity index (χ1n) is 21.5. The van der Waals surface area contributed by atoms with Crippen LogP contribution in [0.15, 0.2) is 122 Å². The molecule has 0 aliphatic heterocycles. The van der Waals surface area contributed by atoms with Gasteiger partial charge in [0.2, 0.25) is 0 Å². The van der Waals surface area contributed by atoms with Crippen LogP contribution in [-0.4, -0.2) is 37.2 Å². The van der Waals surface area contributed by atoms with Crippen LogP contribution >= 0.6 is 0 Å². The zero-order chi connectivity index (χ0) is 40.8. The lowest BCUT2D eigenvalue weighted by Crippen LogP contribution is -2.30. The van der Waals surface area contributed by atoms with Crippen LogP contribution in [-0.2, 0) is 28.6 Å². The second-order valence-corrected chi connectivity index (χ2v) is 13.5. The molecule has 0 heterocycles. The minimum Gasteiger partial charge on any atom is -0.462 e. The maximum atomic E-state index is 12.6. The molecular formula is C50H76O6. The first-order chi connectivity index (χ1) is 27.5. The third-order valence-corrected chi connectivity index (χ3v) is 8.24. The molecule has 0 rings (SSSR count). The largest absolute Gasteiger partial charge is 0.462 e. The Kier molecular flexibility index (Phi) is 40.3. The highest BCUT2D eigenvalue weighted by molar-refractivity contribution is 5.72. The highest BCUT2D eigenvalue weighted by Crippen LogP contribution is 2.08. The Labute approximate surface area is 342 Å². The van der Waals surface area contributed by atoms with Crippen LogP contribution in [0, 0.1) is 0 Å². The summed E-state index contributed by atoms with van der Waals surface area (Å²) in [5, 5.41) is 0. The average molecular weight is 773 g/mol. The fourth-order valence-corrected chi connectivity index (χ4v) is 5.07. The lowest BCUT2D eigenvalue weighted by atomic mass is 10.1. The van der Waals surface area contributed by atoms with Gasteiger partial charge in [-0.1, -0.05) is 174 Å². The van der Waals surface area contributed by atoms with E-state index in [9.17, 15) is 14.4 Å². The Morgan fingerprint density at radius 3 is 1.25 bits per heavy atom. The minimum atomic E-state index is -0.874. The van der Waals surface area contributed by atoms with Gasteiger partial charge in [-0.2, -0.15) is 0 Å². The Hall–Kier alpha value is -4.19. The van der Waals surface area contributed by atoms with Gasteiger partial charge in [-0.25, -0.2) is 0 Å². The number of unbranched alkanes of at least 4 members (excludes halogenated alkanes) is 6. The van der Waals surface area contributed by atoms with Crippen LogP contribution in [0.4, 0.5) is 0 Å². The summed E-state index contributed by atoms with van der Waals surface area (Å²) in [4.78, 5) is 37.5. The van der Waals surface area contributed by atoms with Gasteiger partial charge in [-0.3, -0.25) is 14.4 Å². The summed E-state index contributed by atoms with van der Waals surface area (Å²) in [6, 6.07) is 0. The maximum absolute atomic E-state index is 12.6. The van der Waals surface area contributed by atoms with Crippen molar-refractivity contribution in [3.8, 4) is 0 Å². The Balaban J connectivity index is 4.65. The molecule has 1 atom stereocenters. The average Bonchev–Trinajstić information content (AvgIpc) is 3.19. The van der Waals surface area contributed by atoms with Crippen LogP contribution in [0.25, 0.3) is 0 Å². The number of rotatable bonds is 36. The molecule has 0 bridgehead atoms. The summed E-state index contributed by atoms with van der Waals surface area (Å²) in [5.41, 5.74) is 0. The summed E-state index contributed by atoms with van der Waals surface area (Å²) in [6.45, 7) is 6.13. The van der Waals surface area contributed by atoms with Gasteiger partial charge in [0.25, 0.3) is 0 Å². The van der Waals surface area contributed by atoms with E-state index in [0.717, 1.165) is 64.2 Å². The van der Waals surface area contributed by atoms with E-state index in [1.807, 2.05) is 24.3 Å². The van der Waals surface area contributed by atoms with Gasteiger partial charge in [0.1, 0.15) is 13.2 Å². The predicted octanol–water partition coefficient (Wildman–Crippen LogP) is 13.8. The molecule has 0 aliphatic rings. The standard InChI is InChI=1S/C50H76O6/c1-4-7-10-13-16-19-21-23-24-25-27-28-31-34-37-40-43-49(52)55-46-47(45-54-48(51)42-39-36-33-30-18-15-12-9-6-3)56-50(53)44-41-38-35-32-29-26-22-20-17-14-11-8-5-2/h7,9-10,12,16,18-19,23-24,26-30,34-39,47H,4-6,8,11,13-15,17,20-22,25,31-33,40-46H2,1-3H3/b10-7-,12-9-,19-16-,24-23-,28-27-,29-26-,30-18-,37-34-,38-35-,39-36-. The van der Waals surface area contributed by atoms with Gasteiger partial charge in [0.15, 0.2) is 6.10 Å². The van der Waals surface area contributed by atoms with E-state index < -0.39 is 24.0 Å². The molecule has 56 heavy (non-hydrogen) atoms. The van der Waals surface area contributed by atoms with Gasteiger partial charge in [-0.05, 0) is 83.5 Å². The summed E-state index contributed by atoms with van der Waals surface area (Å²) in [7, 11) is 0. The Morgan fingerprint density at radius 1 is 0.393 bits per heavy atom. The molecule has 312 valence electrons. The van der Waals surface area contributed by atoms with E-state index >= 15 is 0 Å². The molecule has 6 heteroatoms. The van der Waals surface area contributed by atoms with Crippen LogP contribution in [0.3, 0.4) is 0 Å². The highest BCUT2D eigenvalue weighted by Gasteiger charge is 2.19. The van der Waals surface area contributed by atoms with Gasteiger partial charge in [-0.15, -0.1) is 0 Å². The molecule has 0 aromatic carbocycles. The Bertz CT molecular complexity index is 1260. The highest BCUT2D eigenvalue weighted by atomic mass is 16.6. The number of carbonyl (C=O) groups is 3. The van der Waals surface area contributed by atoms with E-state index in [1.54, 1.807) is 6.08 Å². The number of ether oxygens (including phenoxy) is 3. The van der Waals surface area contributed by atoms with Gasteiger partial charge >= 0.3 is 17.9 Å². The van der Waals surface area contributed by atoms with E-state index in [1.165, 1.54) is 38.5 Å².